The first kappa shape index (κ1) is 17.7. The van der Waals surface area contributed by atoms with Crippen LogP contribution in [0.2, 0.25) is 0 Å². The van der Waals surface area contributed by atoms with E-state index in [2.05, 4.69) is 15.5 Å². The number of carbonyl (C=O) groups is 1. The van der Waals surface area contributed by atoms with E-state index in [1.165, 1.54) is 12.1 Å². The number of carbonyl (C=O) groups excluding carboxylic acids is 1. The summed E-state index contributed by atoms with van der Waals surface area (Å²) >= 11 is 0. The first-order chi connectivity index (χ1) is 11.2. The lowest BCUT2D eigenvalue weighted by Crippen LogP contribution is -2.44. The molecule has 0 bridgehead atoms. The summed E-state index contributed by atoms with van der Waals surface area (Å²) in [5.41, 5.74) is 0. The third-order valence-electron chi connectivity index (χ3n) is 3.80. The second kappa shape index (κ2) is 10.2. The molecule has 1 aromatic rings. The summed E-state index contributed by atoms with van der Waals surface area (Å²) in [7, 11) is 0. The fourth-order valence-corrected chi connectivity index (χ4v) is 2.53. The molecule has 1 aliphatic rings. The number of hydrogen-bond acceptors (Lipinski definition) is 4. The standard InChI is InChI=1S/C17H26FN3O2/c18-15-4-1-5-16(14-15)23-13-2-6-17(22)20-7-3-10-21-11-8-19-9-12-21/h1,4-5,14,19H,2-3,6-13H2,(H,20,22). The van der Waals surface area contributed by atoms with E-state index >= 15 is 0 Å². The minimum atomic E-state index is -0.315. The molecule has 1 fully saturated rings. The van der Waals surface area contributed by atoms with E-state index < -0.39 is 0 Å². The highest BCUT2D eigenvalue weighted by Gasteiger charge is 2.08. The van der Waals surface area contributed by atoms with Crippen LogP contribution in [0.3, 0.4) is 0 Å². The quantitative estimate of drug-likeness (QED) is 0.675. The van der Waals surface area contributed by atoms with Crippen molar-refractivity contribution < 1.29 is 13.9 Å². The third kappa shape index (κ3) is 7.43. The molecule has 6 heteroatoms. The molecular weight excluding hydrogens is 297 g/mol. The van der Waals surface area contributed by atoms with E-state index in [9.17, 15) is 9.18 Å². The summed E-state index contributed by atoms with van der Waals surface area (Å²) in [4.78, 5) is 14.1. The van der Waals surface area contributed by atoms with Gasteiger partial charge in [0.15, 0.2) is 0 Å². The molecule has 2 N–H and O–H groups in total. The summed E-state index contributed by atoms with van der Waals surface area (Å²) in [5.74, 6) is 0.235. The highest BCUT2D eigenvalue weighted by molar-refractivity contribution is 5.75. The number of amides is 1. The van der Waals surface area contributed by atoms with Crippen molar-refractivity contribution >= 4 is 5.91 Å². The van der Waals surface area contributed by atoms with E-state index in [0.717, 1.165) is 39.1 Å². The number of nitrogens with zero attached hydrogens (tertiary/aromatic N) is 1. The average Bonchev–Trinajstić information content (AvgIpc) is 2.57. The van der Waals surface area contributed by atoms with Gasteiger partial charge in [-0.15, -0.1) is 0 Å². The van der Waals surface area contributed by atoms with Gasteiger partial charge in [0.1, 0.15) is 11.6 Å². The Balaban J connectivity index is 1.46. The maximum absolute atomic E-state index is 13.0. The highest BCUT2D eigenvalue weighted by Crippen LogP contribution is 2.12. The minimum absolute atomic E-state index is 0.0492. The van der Waals surface area contributed by atoms with Gasteiger partial charge in [-0.2, -0.15) is 0 Å². The van der Waals surface area contributed by atoms with Crippen LogP contribution in [0.15, 0.2) is 24.3 Å². The van der Waals surface area contributed by atoms with Gasteiger partial charge in [-0.3, -0.25) is 4.79 Å². The maximum Gasteiger partial charge on any atom is 0.220 e. The molecule has 2 rings (SSSR count). The van der Waals surface area contributed by atoms with Gasteiger partial charge in [0.05, 0.1) is 6.61 Å². The summed E-state index contributed by atoms with van der Waals surface area (Å²) < 4.78 is 18.4. The number of rotatable bonds is 9. The topological polar surface area (TPSA) is 53.6 Å². The van der Waals surface area contributed by atoms with E-state index in [1.807, 2.05) is 0 Å². The molecule has 0 saturated carbocycles. The van der Waals surface area contributed by atoms with Crippen molar-refractivity contribution in [2.45, 2.75) is 19.3 Å². The van der Waals surface area contributed by atoms with Crippen LogP contribution in [0.1, 0.15) is 19.3 Å². The first-order valence-corrected chi connectivity index (χ1v) is 8.32. The Hall–Kier alpha value is -1.66. The van der Waals surface area contributed by atoms with Gasteiger partial charge >= 0.3 is 0 Å². The van der Waals surface area contributed by atoms with Crippen molar-refractivity contribution in [2.24, 2.45) is 0 Å². The van der Waals surface area contributed by atoms with Crippen LogP contribution < -0.4 is 15.4 Å². The number of ether oxygens (including phenoxy) is 1. The van der Waals surface area contributed by atoms with Crippen molar-refractivity contribution in [1.82, 2.24) is 15.5 Å². The Labute approximate surface area is 137 Å². The number of halogens is 1. The van der Waals surface area contributed by atoms with E-state index in [-0.39, 0.29) is 11.7 Å². The lowest BCUT2D eigenvalue weighted by atomic mass is 10.3. The van der Waals surface area contributed by atoms with Crippen LogP contribution >= 0.6 is 0 Å². The van der Waals surface area contributed by atoms with Gasteiger partial charge in [-0.1, -0.05) is 6.07 Å². The molecule has 0 spiro atoms. The number of piperazine rings is 1. The van der Waals surface area contributed by atoms with Crippen molar-refractivity contribution in [3.05, 3.63) is 30.1 Å². The van der Waals surface area contributed by atoms with Gasteiger partial charge in [0.2, 0.25) is 5.91 Å². The van der Waals surface area contributed by atoms with Crippen molar-refractivity contribution in [1.29, 1.82) is 0 Å². The van der Waals surface area contributed by atoms with Crippen LogP contribution in [0.4, 0.5) is 4.39 Å². The molecule has 0 atom stereocenters. The van der Waals surface area contributed by atoms with E-state index in [0.29, 0.717) is 31.7 Å². The molecular formula is C17H26FN3O2. The maximum atomic E-state index is 13.0. The molecule has 128 valence electrons. The Bertz CT molecular complexity index is 479. The zero-order chi connectivity index (χ0) is 16.3. The highest BCUT2D eigenvalue weighted by atomic mass is 19.1. The largest absolute Gasteiger partial charge is 0.493 e. The molecule has 1 aliphatic heterocycles. The fourth-order valence-electron chi connectivity index (χ4n) is 2.53. The molecule has 1 amide bonds. The Morgan fingerprint density at radius 2 is 2.13 bits per heavy atom. The van der Waals surface area contributed by atoms with Gasteiger partial charge in [-0.05, 0) is 31.5 Å². The zero-order valence-electron chi connectivity index (χ0n) is 13.5. The van der Waals surface area contributed by atoms with Crippen LogP contribution in [0.25, 0.3) is 0 Å². The molecule has 23 heavy (non-hydrogen) atoms. The normalized spacial score (nSPS) is 15.3. The number of hydrogen-bond donors (Lipinski definition) is 2. The Morgan fingerprint density at radius 3 is 2.91 bits per heavy atom. The second-order valence-corrected chi connectivity index (χ2v) is 5.70. The molecule has 1 saturated heterocycles. The SMILES string of the molecule is O=C(CCCOc1cccc(F)c1)NCCCN1CCNCC1. The molecule has 5 nitrogen and oxygen atoms in total. The van der Waals surface area contributed by atoms with Crippen LogP contribution in [0, 0.1) is 5.82 Å². The molecule has 0 radical (unpaired) electrons. The molecule has 0 unspecified atom stereocenters. The first-order valence-electron chi connectivity index (χ1n) is 8.32. The van der Waals surface area contributed by atoms with Crippen molar-refractivity contribution in [3.8, 4) is 5.75 Å². The number of nitrogens with one attached hydrogen (secondary N) is 2. The lowest BCUT2D eigenvalue weighted by Gasteiger charge is -2.27. The zero-order valence-corrected chi connectivity index (χ0v) is 13.5. The summed E-state index contributed by atoms with van der Waals surface area (Å²) in [5, 5.41) is 6.26. The second-order valence-electron chi connectivity index (χ2n) is 5.70. The average molecular weight is 323 g/mol. The number of benzene rings is 1. The fraction of sp³-hybridized carbons (Fsp3) is 0.588. The monoisotopic (exact) mass is 323 g/mol. The van der Waals surface area contributed by atoms with Crippen LogP contribution in [-0.2, 0) is 4.79 Å². The third-order valence-corrected chi connectivity index (χ3v) is 3.80. The predicted molar refractivity (Wildman–Crippen MR) is 88.1 cm³/mol. The molecule has 0 aliphatic carbocycles. The van der Waals surface area contributed by atoms with E-state index in [1.54, 1.807) is 12.1 Å². The Kier molecular flexibility index (Phi) is 7.83. The van der Waals surface area contributed by atoms with Gasteiger partial charge in [0, 0.05) is 45.2 Å². The summed E-state index contributed by atoms with van der Waals surface area (Å²) in [6.07, 6.45) is 2.04. The summed E-state index contributed by atoms with van der Waals surface area (Å²) in [6, 6.07) is 6.03. The van der Waals surface area contributed by atoms with Gasteiger partial charge < -0.3 is 20.3 Å². The smallest absolute Gasteiger partial charge is 0.220 e. The van der Waals surface area contributed by atoms with Crippen molar-refractivity contribution in [2.75, 3.05) is 45.9 Å². The van der Waals surface area contributed by atoms with Gasteiger partial charge in [0.25, 0.3) is 0 Å². The molecule has 1 aromatic carbocycles. The minimum Gasteiger partial charge on any atom is -0.493 e. The van der Waals surface area contributed by atoms with E-state index in [4.69, 9.17) is 4.74 Å². The predicted octanol–water partition coefficient (Wildman–Crippen LogP) is 1.40. The van der Waals surface area contributed by atoms with Crippen LogP contribution in [0.5, 0.6) is 5.75 Å². The van der Waals surface area contributed by atoms with Crippen molar-refractivity contribution in [3.63, 3.8) is 0 Å². The molecule has 0 aromatic heterocycles. The van der Waals surface area contributed by atoms with Gasteiger partial charge in [-0.25, -0.2) is 4.39 Å². The summed E-state index contributed by atoms with van der Waals surface area (Å²) in [6.45, 7) is 6.45. The lowest BCUT2D eigenvalue weighted by molar-refractivity contribution is -0.121. The molecule has 1 heterocycles. The van der Waals surface area contributed by atoms with Crippen LogP contribution in [-0.4, -0.2) is 56.7 Å². The Morgan fingerprint density at radius 1 is 1.30 bits per heavy atom.